The fourth-order valence-corrected chi connectivity index (χ4v) is 3.72. The number of rotatable bonds is 3. The maximum absolute atomic E-state index is 12.6. The molecule has 0 saturated carbocycles. The lowest BCUT2D eigenvalue weighted by atomic mass is 9.96. The molecule has 0 unspecified atom stereocenters. The van der Waals surface area contributed by atoms with Crippen molar-refractivity contribution in [3.8, 4) is 0 Å². The fraction of sp³-hybridized carbons (Fsp3) is 0.765. The highest BCUT2D eigenvalue weighted by Crippen LogP contribution is 2.19. The number of carbonyl (C=O) groups excluding carboxylic acids is 1. The summed E-state index contributed by atoms with van der Waals surface area (Å²) in [6.45, 7) is 10.8. The Balaban J connectivity index is 0.00000208. The van der Waals surface area contributed by atoms with Crippen molar-refractivity contribution in [2.45, 2.75) is 33.2 Å². The lowest BCUT2D eigenvalue weighted by molar-refractivity contribution is -0.138. The number of halogens is 1. The van der Waals surface area contributed by atoms with Crippen LogP contribution in [0.2, 0.25) is 0 Å². The zero-order chi connectivity index (χ0) is 16.4. The third-order valence-electron chi connectivity index (χ3n) is 5.41. The van der Waals surface area contributed by atoms with E-state index >= 15 is 0 Å². The number of hydrogen-bond acceptors (Lipinski definition) is 4. The lowest BCUT2D eigenvalue weighted by Gasteiger charge is -2.37. The van der Waals surface area contributed by atoms with Gasteiger partial charge in [-0.05, 0) is 39.8 Å². The van der Waals surface area contributed by atoms with Crippen molar-refractivity contribution >= 4 is 18.3 Å². The quantitative estimate of drug-likeness (QED) is 0.882. The van der Waals surface area contributed by atoms with Crippen LogP contribution in [-0.2, 0) is 18.4 Å². The first kappa shape index (κ1) is 19.2. The van der Waals surface area contributed by atoms with Crippen LogP contribution in [0.15, 0.2) is 0 Å². The molecule has 2 fully saturated rings. The Morgan fingerprint density at radius 1 is 1.17 bits per heavy atom. The Morgan fingerprint density at radius 3 is 2.33 bits per heavy atom. The number of carbonyl (C=O) groups is 1. The Labute approximate surface area is 151 Å². The van der Waals surface area contributed by atoms with E-state index in [1.54, 1.807) is 0 Å². The van der Waals surface area contributed by atoms with Gasteiger partial charge in [0.15, 0.2) is 0 Å². The van der Waals surface area contributed by atoms with Gasteiger partial charge in [-0.25, -0.2) is 0 Å². The maximum atomic E-state index is 12.6. The Morgan fingerprint density at radius 2 is 1.79 bits per heavy atom. The molecule has 0 atom stereocenters. The minimum Gasteiger partial charge on any atom is -0.340 e. The smallest absolute Gasteiger partial charge is 0.225 e. The molecule has 0 aliphatic carbocycles. The Kier molecular flexibility index (Phi) is 6.66. The van der Waals surface area contributed by atoms with Crippen molar-refractivity contribution in [3.63, 3.8) is 0 Å². The van der Waals surface area contributed by atoms with Gasteiger partial charge in [0.25, 0.3) is 0 Å². The summed E-state index contributed by atoms with van der Waals surface area (Å²) in [5.74, 6) is 0.616. The van der Waals surface area contributed by atoms with Crippen molar-refractivity contribution in [3.05, 3.63) is 17.0 Å². The molecule has 0 radical (unpaired) electrons. The van der Waals surface area contributed by atoms with Crippen molar-refractivity contribution < 1.29 is 4.79 Å². The van der Waals surface area contributed by atoms with E-state index in [-0.39, 0.29) is 18.3 Å². The zero-order valence-corrected chi connectivity index (χ0v) is 15.9. The van der Waals surface area contributed by atoms with E-state index in [9.17, 15) is 4.79 Å². The average molecular weight is 356 g/mol. The number of amides is 1. The summed E-state index contributed by atoms with van der Waals surface area (Å²) in [6, 6.07) is 0. The normalized spacial score (nSPS) is 20.0. The SMILES string of the molecule is Cc1nn(C)c(C)c1CN1CCN(C(=O)C2CCNCC2)CC1.Cl. The second kappa shape index (κ2) is 8.32. The van der Waals surface area contributed by atoms with Gasteiger partial charge in [-0.15, -0.1) is 12.4 Å². The van der Waals surface area contributed by atoms with Crippen LogP contribution < -0.4 is 5.32 Å². The summed E-state index contributed by atoms with van der Waals surface area (Å²) in [6.07, 6.45) is 1.99. The third kappa shape index (κ3) is 4.10. The topological polar surface area (TPSA) is 53.4 Å². The molecule has 2 aliphatic rings. The molecule has 0 spiro atoms. The van der Waals surface area contributed by atoms with Crippen molar-refractivity contribution in [1.29, 1.82) is 0 Å². The highest BCUT2D eigenvalue weighted by Gasteiger charge is 2.28. The van der Waals surface area contributed by atoms with Gasteiger partial charge in [-0.2, -0.15) is 5.10 Å². The zero-order valence-electron chi connectivity index (χ0n) is 15.0. The Hall–Kier alpha value is -1.11. The molecule has 3 rings (SSSR count). The lowest BCUT2D eigenvalue weighted by Crippen LogP contribution is -2.51. The van der Waals surface area contributed by atoms with Crippen LogP contribution in [0.5, 0.6) is 0 Å². The predicted octanol–water partition coefficient (Wildman–Crippen LogP) is 1.10. The molecule has 0 bridgehead atoms. The van der Waals surface area contributed by atoms with Gasteiger partial charge in [0.2, 0.25) is 5.91 Å². The summed E-state index contributed by atoms with van der Waals surface area (Å²) in [7, 11) is 2.00. The van der Waals surface area contributed by atoms with Crippen molar-refractivity contribution in [2.75, 3.05) is 39.3 Å². The van der Waals surface area contributed by atoms with Crippen LogP contribution in [0.4, 0.5) is 0 Å². The fourth-order valence-electron chi connectivity index (χ4n) is 3.72. The summed E-state index contributed by atoms with van der Waals surface area (Å²) in [5, 5.41) is 7.83. The molecule has 1 N–H and O–H groups in total. The van der Waals surface area contributed by atoms with Crippen LogP contribution in [-0.4, -0.2) is 64.8 Å². The number of piperidine rings is 1. The summed E-state index contributed by atoms with van der Waals surface area (Å²) < 4.78 is 1.96. The number of nitrogens with zero attached hydrogens (tertiary/aromatic N) is 4. The number of nitrogens with one attached hydrogen (secondary N) is 1. The first-order valence-electron chi connectivity index (χ1n) is 8.77. The van der Waals surface area contributed by atoms with E-state index < -0.39 is 0 Å². The van der Waals surface area contributed by atoms with Crippen molar-refractivity contribution in [2.24, 2.45) is 13.0 Å². The molecule has 136 valence electrons. The van der Waals surface area contributed by atoms with E-state index in [0.717, 1.165) is 64.3 Å². The number of piperazine rings is 1. The molecular weight excluding hydrogens is 326 g/mol. The minimum atomic E-state index is 0. The molecule has 0 aromatic carbocycles. The van der Waals surface area contributed by atoms with Crippen LogP contribution >= 0.6 is 12.4 Å². The molecule has 24 heavy (non-hydrogen) atoms. The van der Waals surface area contributed by atoms with E-state index in [1.165, 1.54) is 11.3 Å². The van der Waals surface area contributed by atoms with Crippen LogP contribution in [0, 0.1) is 19.8 Å². The molecule has 1 aromatic heterocycles. The average Bonchev–Trinajstić information content (AvgIpc) is 2.82. The number of hydrogen-bond donors (Lipinski definition) is 1. The van der Waals surface area contributed by atoms with Crippen LogP contribution in [0.1, 0.15) is 29.8 Å². The second-order valence-electron chi connectivity index (χ2n) is 6.90. The maximum Gasteiger partial charge on any atom is 0.225 e. The molecule has 7 heteroatoms. The molecule has 1 aromatic rings. The van der Waals surface area contributed by atoms with Gasteiger partial charge in [0, 0.05) is 56.9 Å². The number of aromatic nitrogens is 2. The largest absolute Gasteiger partial charge is 0.340 e. The van der Waals surface area contributed by atoms with Gasteiger partial charge < -0.3 is 10.2 Å². The van der Waals surface area contributed by atoms with Gasteiger partial charge in [0.05, 0.1) is 5.69 Å². The van der Waals surface area contributed by atoms with E-state index in [0.29, 0.717) is 5.91 Å². The first-order chi connectivity index (χ1) is 11.1. The van der Waals surface area contributed by atoms with Gasteiger partial charge >= 0.3 is 0 Å². The van der Waals surface area contributed by atoms with Crippen LogP contribution in [0.25, 0.3) is 0 Å². The van der Waals surface area contributed by atoms with E-state index in [2.05, 4.69) is 34.1 Å². The molecule has 6 nitrogen and oxygen atoms in total. The molecule has 2 saturated heterocycles. The minimum absolute atomic E-state index is 0. The monoisotopic (exact) mass is 355 g/mol. The Bertz CT molecular complexity index is 560. The number of aryl methyl sites for hydroxylation is 2. The predicted molar refractivity (Wildman–Crippen MR) is 97.4 cm³/mol. The molecule has 1 amide bonds. The summed E-state index contributed by atoms with van der Waals surface area (Å²) >= 11 is 0. The van der Waals surface area contributed by atoms with E-state index in [4.69, 9.17) is 0 Å². The van der Waals surface area contributed by atoms with Gasteiger partial charge in [-0.3, -0.25) is 14.4 Å². The third-order valence-corrected chi connectivity index (χ3v) is 5.41. The molecule has 2 aliphatic heterocycles. The van der Waals surface area contributed by atoms with E-state index in [1.807, 2.05) is 11.7 Å². The molecule has 3 heterocycles. The first-order valence-corrected chi connectivity index (χ1v) is 8.77. The van der Waals surface area contributed by atoms with Crippen LogP contribution in [0.3, 0.4) is 0 Å². The summed E-state index contributed by atoms with van der Waals surface area (Å²) in [5.41, 5.74) is 3.71. The van der Waals surface area contributed by atoms with Gasteiger partial charge in [-0.1, -0.05) is 0 Å². The van der Waals surface area contributed by atoms with Crippen molar-refractivity contribution in [1.82, 2.24) is 24.9 Å². The highest BCUT2D eigenvalue weighted by molar-refractivity contribution is 5.85. The second-order valence-corrected chi connectivity index (χ2v) is 6.90. The molecular formula is C17H30ClN5O. The summed E-state index contributed by atoms with van der Waals surface area (Å²) in [4.78, 5) is 17.1. The highest BCUT2D eigenvalue weighted by atomic mass is 35.5. The van der Waals surface area contributed by atoms with Gasteiger partial charge in [0.1, 0.15) is 0 Å². The standard InChI is InChI=1S/C17H29N5O.ClH/c1-13-16(14(2)20(3)19-13)12-21-8-10-22(11-9-21)17(23)15-4-6-18-7-5-15;/h15,18H,4-12H2,1-3H3;1H.